The molecule has 3 aromatic rings. The van der Waals surface area contributed by atoms with Gasteiger partial charge < -0.3 is 10.1 Å². The zero-order valence-corrected chi connectivity index (χ0v) is 17.9. The highest BCUT2D eigenvalue weighted by atomic mass is 35.5. The Morgan fingerprint density at radius 2 is 1.68 bits per heavy atom. The largest absolute Gasteiger partial charge is 0.423 e. The lowest BCUT2D eigenvalue weighted by molar-refractivity contribution is -0.112. The van der Waals surface area contributed by atoms with Crippen molar-refractivity contribution < 1.29 is 14.3 Å². The zero-order valence-electron chi connectivity index (χ0n) is 16.4. The molecule has 0 radical (unpaired) electrons. The van der Waals surface area contributed by atoms with Gasteiger partial charge in [0.1, 0.15) is 17.4 Å². The first-order chi connectivity index (χ1) is 14.9. The number of benzene rings is 3. The van der Waals surface area contributed by atoms with E-state index in [1.54, 1.807) is 48.5 Å². The molecule has 0 aliphatic carbocycles. The van der Waals surface area contributed by atoms with Gasteiger partial charge in [0.2, 0.25) is 0 Å². The summed E-state index contributed by atoms with van der Waals surface area (Å²) in [5.74, 6) is -0.736. The molecule has 1 N–H and O–H groups in total. The van der Waals surface area contributed by atoms with Crippen LogP contribution in [0.15, 0.2) is 72.3 Å². The summed E-state index contributed by atoms with van der Waals surface area (Å²) < 4.78 is 5.35. The number of halogens is 2. The number of rotatable bonds is 5. The van der Waals surface area contributed by atoms with E-state index >= 15 is 0 Å². The minimum absolute atomic E-state index is 0.115. The lowest BCUT2D eigenvalue weighted by Crippen LogP contribution is -2.13. The monoisotopic (exact) mass is 450 g/mol. The van der Waals surface area contributed by atoms with Gasteiger partial charge in [-0.1, -0.05) is 53.0 Å². The van der Waals surface area contributed by atoms with E-state index in [1.165, 1.54) is 12.1 Å². The van der Waals surface area contributed by atoms with E-state index in [-0.39, 0.29) is 10.6 Å². The first-order valence-electron chi connectivity index (χ1n) is 9.13. The van der Waals surface area contributed by atoms with Crippen molar-refractivity contribution in [1.29, 1.82) is 5.26 Å². The van der Waals surface area contributed by atoms with Crippen molar-refractivity contribution in [2.24, 2.45) is 0 Å². The molecule has 0 spiro atoms. The molecule has 0 saturated heterocycles. The summed E-state index contributed by atoms with van der Waals surface area (Å²) in [7, 11) is 0. The third-order valence-corrected chi connectivity index (χ3v) is 4.78. The molecule has 0 bridgehead atoms. The Hall–Kier alpha value is -3.59. The highest BCUT2D eigenvalue weighted by Gasteiger charge is 2.12. The maximum absolute atomic E-state index is 12.4. The molecule has 1 amide bonds. The molecule has 7 heteroatoms. The minimum atomic E-state index is -0.610. The molecule has 0 atom stereocenters. The van der Waals surface area contributed by atoms with E-state index in [0.29, 0.717) is 27.6 Å². The number of carbonyl (C=O) groups is 2. The molecular weight excluding hydrogens is 435 g/mol. The molecule has 31 heavy (non-hydrogen) atoms. The standard InChI is InChI=1S/C24H16Cl2N2O3/c1-15-2-6-17(7-3-15)24(30)31-20-9-4-16(5-10-20)12-18(14-27)23(29)28-22-11-8-19(25)13-21(22)26/h2-13H,1H3,(H,28,29). The second-order valence-corrected chi connectivity index (χ2v) is 7.42. The molecule has 5 nitrogen and oxygen atoms in total. The average molecular weight is 451 g/mol. The molecule has 3 aromatic carbocycles. The van der Waals surface area contributed by atoms with Gasteiger partial charge in [-0.15, -0.1) is 0 Å². The SMILES string of the molecule is Cc1ccc(C(=O)Oc2ccc(C=C(C#N)C(=O)Nc3ccc(Cl)cc3Cl)cc2)cc1. The Bertz CT molecular complexity index is 1190. The fourth-order valence-corrected chi connectivity index (χ4v) is 3.04. The third kappa shape index (κ3) is 5.95. The van der Waals surface area contributed by atoms with E-state index in [9.17, 15) is 14.9 Å². The fraction of sp³-hybridized carbons (Fsp3) is 0.0417. The van der Waals surface area contributed by atoms with Crippen LogP contribution < -0.4 is 10.1 Å². The highest BCUT2D eigenvalue weighted by Crippen LogP contribution is 2.26. The van der Waals surface area contributed by atoms with Gasteiger partial charge in [-0.05, 0) is 61.0 Å². The highest BCUT2D eigenvalue weighted by molar-refractivity contribution is 6.36. The van der Waals surface area contributed by atoms with E-state index < -0.39 is 11.9 Å². The van der Waals surface area contributed by atoms with Gasteiger partial charge in [0.05, 0.1) is 16.3 Å². The van der Waals surface area contributed by atoms with Crippen LogP contribution in [-0.2, 0) is 4.79 Å². The van der Waals surface area contributed by atoms with Crippen molar-refractivity contribution in [2.45, 2.75) is 6.92 Å². The number of anilines is 1. The first kappa shape index (κ1) is 22.1. The first-order valence-corrected chi connectivity index (χ1v) is 9.88. The maximum atomic E-state index is 12.4. The molecule has 0 heterocycles. The smallest absolute Gasteiger partial charge is 0.343 e. The van der Waals surface area contributed by atoms with E-state index in [2.05, 4.69) is 5.32 Å². The topological polar surface area (TPSA) is 79.2 Å². The lowest BCUT2D eigenvalue weighted by atomic mass is 10.1. The quantitative estimate of drug-likeness (QED) is 0.221. The Morgan fingerprint density at radius 3 is 2.29 bits per heavy atom. The molecule has 0 aliphatic heterocycles. The number of hydrogen-bond donors (Lipinski definition) is 1. The summed E-state index contributed by atoms with van der Waals surface area (Å²) in [5, 5.41) is 12.6. The number of carbonyl (C=O) groups excluding carboxylic acids is 2. The van der Waals surface area contributed by atoms with Crippen molar-refractivity contribution >= 4 is 46.8 Å². The average Bonchev–Trinajstić information content (AvgIpc) is 2.75. The number of nitriles is 1. The van der Waals surface area contributed by atoms with Crippen LogP contribution >= 0.6 is 23.2 Å². The van der Waals surface area contributed by atoms with Crippen LogP contribution in [0.2, 0.25) is 10.0 Å². The fourth-order valence-electron chi connectivity index (χ4n) is 2.58. The number of nitrogens with zero attached hydrogens (tertiary/aromatic N) is 1. The van der Waals surface area contributed by atoms with Crippen LogP contribution in [0.5, 0.6) is 5.75 Å². The van der Waals surface area contributed by atoms with E-state index in [1.807, 2.05) is 25.1 Å². The lowest BCUT2D eigenvalue weighted by Gasteiger charge is -2.07. The van der Waals surface area contributed by atoms with Gasteiger partial charge >= 0.3 is 5.97 Å². The Morgan fingerprint density at radius 1 is 1.00 bits per heavy atom. The second kappa shape index (κ2) is 9.94. The normalized spacial score (nSPS) is 10.8. The number of ether oxygens (including phenoxy) is 1. The number of esters is 1. The van der Waals surface area contributed by atoms with Crippen LogP contribution in [0.1, 0.15) is 21.5 Å². The van der Waals surface area contributed by atoms with Crippen molar-refractivity contribution in [2.75, 3.05) is 5.32 Å². The molecule has 0 saturated carbocycles. The maximum Gasteiger partial charge on any atom is 0.343 e. The summed E-state index contributed by atoms with van der Waals surface area (Å²) in [6, 6.07) is 20.0. The van der Waals surface area contributed by atoms with Gasteiger partial charge in [0.15, 0.2) is 0 Å². The number of nitrogens with one attached hydrogen (secondary N) is 1. The van der Waals surface area contributed by atoms with Crippen molar-refractivity contribution in [3.8, 4) is 11.8 Å². The Balaban J connectivity index is 1.70. The second-order valence-electron chi connectivity index (χ2n) is 6.57. The molecule has 154 valence electrons. The zero-order chi connectivity index (χ0) is 22.4. The summed E-state index contributed by atoms with van der Waals surface area (Å²) >= 11 is 11.9. The number of amides is 1. The van der Waals surface area contributed by atoms with Crippen LogP contribution in [0.4, 0.5) is 5.69 Å². The molecule has 0 aromatic heterocycles. The van der Waals surface area contributed by atoms with Crippen LogP contribution in [0.3, 0.4) is 0 Å². The van der Waals surface area contributed by atoms with Gasteiger partial charge in [-0.25, -0.2) is 4.79 Å². The molecule has 0 fully saturated rings. The summed E-state index contributed by atoms with van der Waals surface area (Å²) in [6.07, 6.45) is 1.42. The van der Waals surface area contributed by atoms with Gasteiger partial charge in [-0.3, -0.25) is 4.79 Å². The van der Waals surface area contributed by atoms with Crippen LogP contribution in [0.25, 0.3) is 6.08 Å². The summed E-state index contributed by atoms with van der Waals surface area (Å²) in [5.41, 5.74) is 2.30. The van der Waals surface area contributed by atoms with Crippen molar-refractivity contribution in [1.82, 2.24) is 0 Å². The van der Waals surface area contributed by atoms with E-state index in [4.69, 9.17) is 27.9 Å². The van der Waals surface area contributed by atoms with Crippen molar-refractivity contribution in [3.63, 3.8) is 0 Å². The molecular formula is C24H16Cl2N2O3. The minimum Gasteiger partial charge on any atom is -0.423 e. The molecule has 0 unspecified atom stereocenters. The predicted molar refractivity (Wildman–Crippen MR) is 121 cm³/mol. The summed E-state index contributed by atoms with van der Waals surface area (Å²) in [6.45, 7) is 1.93. The van der Waals surface area contributed by atoms with E-state index in [0.717, 1.165) is 5.56 Å². The number of aryl methyl sites for hydroxylation is 1. The Kier molecular flexibility index (Phi) is 7.09. The molecule has 3 rings (SSSR count). The van der Waals surface area contributed by atoms with Crippen LogP contribution in [-0.4, -0.2) is 11.9 Å². The summed E-state index contributed by atoms with van der Waals surface area (Å²) in [4.78, 5) is 24.6. The Labute approximate surface area is 189 Å². The van der Waals surface area contributed by atoms with Gasteiger partial charge in [0, 0.05) is 5.02 Å². The van der Waals surface area contributed by atoms with Crippen LogP contribution in [0, 0.1) is 18.3 Å². The number of hydrogen-bond acceptors (Lipinski definition) is 4. The van der Waals surface area contributed by atoms with Gasteiger partial charge in [-0.2, -0.15) is 5.26 Å². The predicted octanol–water partition coefficient (Wildman–Crippen LogP) is 6.07. The van der Waals surface area contributed by atoms with Gasteiger partial charge in [0.25, 0.3) is 5.91 Å². The molecule has 0 aliphatic rings. The third-order valence-electron chi connectivity index (χ3n) is 4.23. The van der Waals surface area contributed by atoms with Crippen molar-refractivity contribution in [3.05, 3.63) is 99.0 Å².